The molecule has 1 aromatic heterocycles. The molecule has 0 unspecified atom stereocenters. The first-order valence-electron chi connectivity index (χ1n) is 4.81. The van der Waals surface area contributed by atoms with Crippen LogP contribution in [0.2, 0.25) is 0 Å². The van der Waals surface area contributed by atoms with Crippen molar-refractivity contribution in [2.75, 3.05) is 11.1 Å². The molecule has 0 aliphatic heterocycles. The van der Waals surface area contributed by atoms with Gasteiger partial charge in [-0.2, -0.15) is 0 Å². The number of nitrogens with zero attached hydrogens (tertiary/aromatic N) is 2. The molecule has 0 fully saturated rings. The predicted octanol–water partition coefficient (Wildman–Crippen LogP) is 1.50. The van der Waals surface area contributed by atoms with Gasteiger partial charge in [0.05, 0.1) is 35.0 Å². The molecule has 17 heavy (non-hydrogen) atoms. The third-order valence-corrected chi connectivity index (χ3v) is 2.14. The second kappa shape index (κ2) is 4.48. The molecule has 0 saturated heterocycles. The zero-order valence-electron chi connectivity index (χ0n) is 8.79. The van der Waals surface area contributed by atoms with E-state index in [1.54, 1.807) is 18.5 Å². The fraction of sp³-hybridized carbons (Fsp3) is 0. The number of benzene rings is 1. The maximum absolute atomic E-state index is 10.7. The van der Waals surface area contributed by atoms with E-state index in [2.05, 4.69) is 15.3 Å². The van der Waals surface area contributed by atoms with Crippen molar-refractivity contribution in [3.63, 3.8) is 0 Å². The van der Waals surface area contributed by atoms with E-state index in [9.17, 15) is 4.79 Å². The molecule has 0 saturated carbocycles. The van der Waals surface area contributed by atoms with Gasteiger partial charge in [-0.3, -0.25) is 0 Å². The Labute approximate surface area is 97.1 Å². The summed E-state index contributed by atoms with van der Waals surface area (Å²) in [4.78, 5) is 18.4. The lowest BCUT2D eigenvalue weighted by molar-refractivity contribution is 0.0697. The molecular weight excluding hydrogens is 220 g/mol. The van der Waals surface area contributed by atoms with E-state index in [0.717, 1.165) is 0 Å². The Morgan fingerprint density at radius 1 is 1.29 bits per heavy atom. The van der Waals surface area contributed by atoms with Crippen LogP contribution in [0.3, 0.4) is 0 Å². The molecule has 0 radical (unpaired) electrons. The molecule has 0 bridgehead atoms. The van der Waals surface area contributed by atoms with Crippen LogP contribution in [-0.2, 0) is 0 Å². The van der Waals surface area contributed by atoms with Crippen molar-refractivity contribution in [3.8, 4) is 0 Å². The zero-order valence-corrected chi connectivity index (χ0v) is 8.79. The van der Waals surface area contributed by atoms with Crippen molar-refractivity contribution in [2.24, 2.45) is 0 Å². The summed E-state index contributed by atoms with van der Waals surface area (Å²) >= 11 is 0. The summed E-state index contributed by atoms with van der Waals surface area (Å²) in [6.45, 7) is 0. The number of carboxylic acid groups (broad SMARTS) is 1. The number of anilines is 3. The largest absolute Gasteiger partial charge is 0.478 e. The molecule has 1 heterocycles. The summed E-state index contributed by atoms with van der Waals surface area (Å²) in [5.41, 5.74) is 7.54. The van der Waals surface area contributed by atoms with Crippen LogP contribution in [0.25, 0.3) is 0 Å². The topological polar surface area (TPSA) is 101 Å². The van der Waals surface area contributed by atoms with Gasteiger partial charge in [-0.15, -0.1) is 0 Å². The van der Waals surface area contributed by atoms with Crippen molar-refractivity contribution in [3.05, 3.63) is 42.5 Å². The number of hydrogen-bond donors (Lipinski definition) is 3. The molecule has 2 aromatic rings. The molecule has 0 atom stereocenters. The number of hydrogen-bond acceptors (Lipinski definition) is 5. The van der Waals surface area contributed by atoms with Crippen molar-refractivity contribution in [1.29, 1.82) is 0 Å². The minimum Gasteiger partial charge on any atom is -0.478 e. The number of nitrogen functional groups attached to an aromatic ring is 1. The van der Waals surface area contributed by atoms with Gasteiger partial charge < -0.3 is 16.2 Å². The fourth-order valence-electron chi connectivity index (χ4n) is 1.33. The van der Waals surface area contributed by atoms with Gasteiger partial charge in [0.15, 0.2) is 0 Å². The molecular formula is C11H10N4O2. The lowest BCUT2D eigenvalue weighted by Crippen LogP contribution is -2.01. The highest BCUT2D eigenvalue weighted by molar-refractivity contribution is 5.90. The van der Waals surface area contributed by atoms with Gasteiger partial charge in [0.1, 0.15) is 6.33 Å². The molecule has 0 amide bonds. The van der Waals surface area contributed by atoms with Crippen LogP contribution in [-0.4, -0.2) is 21.0 Å². The second-order valence-corrected chi connectivity index (χ2v) is 3.36. The van der Waals surface area contributed by atoms with Gasteiger partial charge in [-0.25, -0.2) is 14.8 Å². The van der Waals surface area contributed by atoms with Crippen LogP contribution >= 0.6 is 0 Å². The first-order valence-corrected chi connectivity index (χ1v) is 4.81. The maximum atomic E-state index is 10.7. The number of aromatic carboxylic acids is 1. The molecule has 2 rings (SSSR count). The second-order valence-electron chi connectivity index (χ2n) is 3.36. The summed E-state index contributed by atoms with van der Waals surface area (Å²) in [5.74, 6) is -1.01. The molecule has 0 spiro atoms. The van der Waals surface area contributed by atoms with Crippen molar-refractivity contribution >= 4 is 23.0 Å². The van der Waals surface area contributed by atoms with E-state index >= 15 is 0 Å². The standard InChI is InChI=1S/C11H10N4O2/c12-9-3-7(11(16)17)1-2-10(9)15-8-4-13-6-14-5-8/h1-6,15H,12H2,(H,16,17). The minimum atomic E-state index is -1.01. The molecule has 0 aliphatic rings. The average molecular weight is 230 g/mol. The molecule has 0 aliphatic carbocycles. The number of aromatic nitrogens is 2. The van der Waals surface area contributed by atoms with E-state index in [1.165, 1.54) is 18.5 Å². The monoisotopic (exact) mass is 230 g/mol. The van der Waals surface area contributed by atoms with Crippen molar-refractivity contribution < 1.29 is 9.90 Å². The van der Waals surface area contributed by atoms with Crippen LogP contribution < -0.4 is 11.1 Å². The molecule has 6 nitrogen and oxygen atoms in total. The lowest BCUT2D eigenvalue weighted by atomic mass is 10.1. The van der Waals surface area contributed by atoms with Crippen molar-refractivity contribution in [1.82, 2.24) is 9.97 Å². The van der Waals surface area contributed by atoms with E-state index in [1.807, 2.05) is 0 Å². The van der Waals surface area contributed by atoms with Crippen LogP contribution in [0.15, 0.2) is 36.9 Å². The number of rotatable bonds is 3. The first kappa shape index (κ1) is 10.9. The molecule has 86 valence electrons. The van der Waals surface area contributed by atoms with Gasteiger partial charge in [-0.1, -0.05) is 0 Å². The Morgan fingerprint density at radius 3 is 2.59 bits per heavy atom. The molecule has 1 aromatic carbocycles. The third-order valence-electron chi connectivity index (χ3n) is 2.14. The summed E-state index contributed by atoms with van der Waals surface area (Å²) < 4.78 is 0. The number of carboxylic acids is 1. The predicted molar refractivity (Wildman–Crippen MR) is 63.1 cm³/mol. The van der Waals surface area contributed by atoms with E-state index in [0.29, 0.717) is 17.1 Å². The summed E-state index contributed by atoms with van der Waals surface area (Å²) in [6.07, 6.45) is 4.61. The third kappa shape index (κ3) is 2.49. The first-order chi connectivity index (χ1) is 8.16. The van der Waals surface area contributed by atoms with Gasteiger partial charge >= 0.3 is 5.97 Å². The number of carbonyl (C=O) groups is 1. The lowest BCUT2D eigenvalue weighted by Gasteiger charge is -2.08. The number of nitrogens with one attached hydrogen (secondary N) is 1. The zero-order chi connectivity index (χ0) is 12.3. The Balaban J connectivity index is 2.26. The highest BCUT2D eigenvalue weighted by Gasteiger charge is 2.06. The van der Waals surface area contributed by atoms with Gasteiger partial charge in [0.25, 0.3) is 0 Å². The summed E-state index contributed by atoms with van der Waals surface area (Å²) in [5, 5.41) is 11.8. The molecule has 6 heteroatoms. The van der Waals surface area contributed by atoms with E-state index in [4.69, 9.17) is 10.8 Å². The van der Waals surface area contributed by atoms with Crippen LogP contribution in [0, 0.1) is 0 Å². The van der Waals surface area contributed by atoms with Crippen molar-refractivity contribution in [2.45, 2.75) is 0 Å². The summed E-state index contributed by atoms with van der Waals surface area (Å²) in [6, 6.07) is 4.48. The van der Waals surface area contributed by atoms with Crippen LogP contribution in [0.4, 0.5) is 17.1 Å². The smallest absolute Gasteiger partial charge is 0.335 e. The fourth-order valence-corrected chi connectivity index (χ4v) is 1.33. The van der Waals surface area contributed by atoms with E-state index < -0.39 is 5.97 Å². The van der Waals surface area contributed by atoms with Gasteiger partial charge in [0, 0.05) is 0 Å². The Hall–Kier alpha value is -2.63. The van der Waals surface area contributed by atoms with Crippen LogP contribution in [0.5, 0.6) is 0 Å². The maximum Gasteiger partial charge on any atom is 0.335 e. The SMILES string of the molecule is Nc1cc(C(=O)O)ccc1Nc1cncnc1. The Morgan fingerprint density at radius 2 is 2.00 bits per heavy atom. The van der Waals surface area contributed by atoms with E-state index in [-0.39, 0.29) is 5.56 Å². The highest BCUT2D eigenvalue weighted by Crippen LogP contribution is 2.23. The van der Waals surface area contributed by atoms with Crippen LogP contribution in [0.1, 0.15) is 10.4 Å². The summed E-state index contributed by atoms with van der Waals surface area (Å²) in [7, 11) is 0. The quantitative estimate of drug-likeness (QED) is 0.691. The minimum absolute atomic E-state index is 0.150. The Kier molecular flexibility index (Phi) is 2.87. The molecule has 4 N–H and O–H groups in total. The normalized spacial score (nSPS) is 9.88. The highest BCUT2D eigenvalue weighted by atomic mass is 16.4. The van der Waals surface area contributed by atoms with Gasteiger partial charge in [-0.05, 0) is 18.2 Å². The Bertz CT molecular complexity index is 542. The van der Waals surface area contributed by atoms with Gasteiger partial charge in [0.2, 0.25) is 0 Å². The average Bonchev–Trinajstić information content (AvgIpc) is 2.33. The number of nitrogens with two attached hydrogens (primary N) is 1.